The maximum Gasteiger partial charge on any atom is 0.212 e. The fourth-order valence-corrected chi connectivity index (χ4v) is 3.05. The quantitative estimate of drug-likeness (QED) is 0.767. The van der Waals surface area contributed by atoms with Crippen molar-refractivity contribution in [1.82, 2.24) is 14.8 Å². The summed E-state index contributed by atoms with van der Waals surface area (Å²) in [7, 11) is 0. The zero-order chi connectivity index (χ0) is 12.5. The zero-order valence-electron chi connectivity index (χ0n) is 9.48. The predicted molar refractivity (Wildman–Crippen MR) is 82.0 cm³/mol. The molecule has 3 heterocycles. The van der Waals surface area contributed by atoms with Gasteiger partial charge in [0.15, 0.2) is 0 Å². The minimum atomic E-state index is 0. The summed E-state index contributed by atoms with van der Waals surface area (Å²) in [6, 6.07) is 5.98. The third kappa shape index (κ3) is 2.40. The van der Waals surface area contributed by atoms with Crippen molar-refractivity contribution in [3.05, 3.63) is 34.7 Å². The number of halogens is 1. The lowest BCUT2D eigenvalue weighted by Crippen LogP contribution is -2.01. The highest BCUT2D eigenvalue weighted by molar-refractivity contribution is 8.93. The maximum atomic E-state index is 8.84. The van der Waals surface area contributed by atoms with Crippen LogP contribution >= 0.6 is 39.7 Å². The summed E-state index contributed by atoms with van der Waals surface area (Å²) >= 11 is 3.07. The van der Waals surface area contributed by atoms with Crippen LogP contribution in [0.4, 0.5) is 5.82 Å². The van der Waals surface area contributed by atoms with Gasteiger partial charge in [-0.1, -0.05) is 6.07 Å². The molecule has 3 aromatic heterocycles. The van der Waals surface area contributed by atoms with Gasteiger partial charge in [0, 0.05) is 5.38 Å². The van der Waals surface area contributed by atoms with Crippen LogP contribution in [0.2, 0.25) is 0 Å². The van der Waals surface area contributed by atoms with Crippen LogP contribution in [0.1, 0.15) is 5.56 Å². The molecule has 0 fully saturated rings. The second kappa shape index (κ2) is 5.52. The highest BCUT2D eigenvalue weighted by Crippen LogP contribution is 2.28. The van der Waals surface area contributed by atoms with E-state index in [0.717, 1.165) is 10.6 Å². The number of thiophene rings is 1. The average molecular weight is 354 g/mol. The van der Waals surface area contributed by atoms with Crippen LogP contribution in [0.3, 0.4) is 0 Å². The largest absolute Gasteiger partial charge is 0.382 e. The van der Waals surface area contributed by atoms with E-state index in [9.17, 15) is 0 Å². The number of thiazole rings is 1. The number of rotatable bonds is 2. The lowest BCUT2D eigenvalue weighted by molar-refractivity contribution is 0.881. The van der Waals surface area contributed by atoms with Crippen LogP contribution in [0.15, 0.2) is 29.1 Å². The summed E-state index contributed by atoms with van der Waals surface area (Å²) in [6.45, 7) is 0. The minimum Gasteiger partial charge on any atom is -0.382 e. The SMILES string of the molecule is Br.N#Cc1cnn(-c2nc(-c3cccs3)cs2)c1N. The Kier molecular flexibility index (Phi) is 3.99. The van der Waals surface area contributed by atoms with Gasteiger partial charge in [-0.2, -0.15) is 15.0 Å². The van der Waals surface area contributed by atoms with Gasteiger partial charge in [-0.15, -0.1) is 39.7 Å². The lowest BCUT2D eigenvalue weighted by atomic mass is 10.4. The summed E-state index contributed by atoms with van der Waals surface area (Å²) in [6.07, 6.45) is 1.45. The highest BCUT2D eigenvalue weighted by atomic mass is 79.9. The topological polar surface area (TPSA) is 80.5 Å². The Labute approximate surface area is 127 Å². The molecule has 0 aliphatic heterocycles. The standard InChI is InChI=1S/C11H7N5S2.BrH/c12-4-7-5-14-16(10(7)13)11-15-8(6-18-11)9-2-1-3-17-9;/h1-3,5-6H,13H2;1H. The Morgan fingerprint density at radius 1 is 1.37 bits per heavy atom. The van der Waals surface area contributed by atoms with E-state index in [0.29, 0.717) is 16.5 Å². The van der Waals surface area contributed by atoms with E-state index >= 15 is 0 Å². The summed E-state index contributed by atoms with van der Waals surface area (Å²) < 4.78 is 1.49. The van der Waals surface area contributed by atoms with Crippen LogP contribution in [0.5, 0.6) is 0 Å². The lowest BCUT2D eigenvalue weighted by Gasteiger charge is -1.97. The number of hydrogen-bond donors (Lipinski definition) is 1. The molecular weight excluding hydrogens is 346 g/mol. The van der Waals surface area contributed by atoms with Gasteiger partial charge in [0.2, 0.25) is 5.13 Å². The number of anilines is 1. The Morgan fingerprint density at radius 2 is 2.21 bits per heavy atom. The average Bonchev–Trinajstić information content (AvgIpc) is 3.08. The molecule has 0 aromatic carbocycles. The first kappa shape index (κ1) is 13.7. The zero-order valence-corrected chi connectivity index (χ0v) is 12.8. The van der Waals surface area contributed by atoms with Crippen LogP contribution in [0, 0.1) is 11.3 Å². The number of nitriles is 1. The molecule has 0 radical (unpaired) electrons. The van der Waals surface area contributed by atoms with Gasteiger partial charge in [-0.05, 0) is 11.4 Å². The number of aromatic nitrogens is 3. The molecule has 3 rings (SSSR count). The smallest absolute Gasteiger partial charge is 0.212 e. The van der Waals surface area contributed by atoms with Crippen LogP contribution in [0.25, 0.3) is 15.7 Å². The van der Waals surface area contributed by atoms with Gasteiger partial charge < -0.3 is 5.73 Å². The van der Waals surface area contributed by atoms with Crippen molar-refractivity contribution >= 4 is 45.5 Å². The molecule has 5 nitrogen and oxygen atoms in total. The number of nitrogens with two attached hydrogens (primary N) is 1. The Bertz CT molecular complexity index is 723. The molecule has 8 heteroatoms. The van der Waals surface area contributed by atoms with E-state index in [2.05, 4.69) is 10.1 Å². The number of nitrogen functional groups attached to an aromatic ring is 1. The third-order valence-electron chi connectivity index (χ3n) is 2.37. The van der Waals surface area contributed by atoms with Gasteiger partial charge in [0.05, 0.1) is 16.8 Å². The maximum absolute atomic E-state index is 8.84. The fourth-order valence-electron chi connectivity index (χ4n) is 1.50. The van der Waals surface area contributed by atoms with Crippen molar-refractivity contribution in [1.29, 1.82) is 5.26 Å². The fraction of sp³-hybridized carbons (Fsp3) is 0. The van der Waals surface area contributed by atoms with Crippen LogP contribution in [-0.2, 0) is 0 Å². The molecule has 96 valence electrons. The molecule has 0 aliphatic carbocycles. The summed E-state index contributed by atoms with van der Waals surface area (Å²) in [5, 5.41) is 17.5. The van der Waals surface area contributed by atoms with Gasteiger partial charge in [0.25, 0.3) is 0 Å². The van der Waals surface area contributed by atoms with Crippen molar-refractivity contribution in [2.75, 3.05) is 5.73 Å². The third-order valence-corrected chi connectivity index (χ3v) is 4.08. The molecular formula is C11H8BrN5S2. The van der Waals surface area contributed by atoms with Gasteiger partial charge >= 0.3 is 0 Å². The molecule has 3 aromatic rings. The first-order valence-corrected chi connectivity index (χ1v) is 6.79. The molecule has 0 saturated carbocycles. The van der Waals surface area contributed by atoms with E-state index in [1.54, 1.807) is 11.3 Å². The van der Waals surface area contributed by atoms with Crippen molar-refractivity contribution in [3.8, 4) is 21.8 Å². The van der Waals surface area contributed by atoms with Crippen molar-refractivity contribution < 1.29 is 0 Å². The van der Waals surface area contributed by atoms with Gasteiger partial charge in [0.1, 0.15) is 17.5 Å². The molecule has 19 heavy (non-hydrogen) atoms. The minimum absolute atomic E-state index is 0. The van der Waals surface area contributed by atoms with E-state index in [1.807, 2.05) is 29.0 Å². The number of nitrogens with zero attached hydrogens (tertiary/aromatic N) is 4. The molecule has 0 aliphatic rings. The second-order valence-electron chi connectivity index (χ2n) is 3.46. The molecule has 2 N–H and O–H groups in total. The Balaban J connectivity index is 0.00000133. The molecule has 0 bridgehead atoms. The van der Waals surface area contributed by atoms with Crippen molar-refractivity contribution in [3.63, 3.8) is 0 Å². The van der Waals surface area contributed by atoms with Gasteiger partial charge in [-0.25, -0.2) is 4.98 Å². The second-order valence-corrected chi connectivity index (χ2v) is 5.24. The summed E-state index contributed by atoms with van der Waals surface area (Å²) in [5.74, 6) is 0.324. The molecule has 0 atom stereocenters. The van der Waals surface area contributed by atoms with Crippen LogP contribution in [-0.4, -0.2) is 14.8 Å². The predicted octanol–water partition coefficient (Wildman–Crippen LogP) is 3.09. The van der Waals surface area contributed by atoms with Crippen LogP contribution < -0.4 is 5.73 Å². The van der Waals surface area contributed by atoms with Gasteiger partial charge in [-0.3, -0.25) is 0 Å². The highest BCUT2D eigenvalue weighted by Gasteiger charge is 2.12. The van der Waals surface area contributed by atoms with Crippen molar-refractivity contribution in [2.24, 2.45) is 0 Å². The van der Waals surface area contributed by atoms with E-state index in [4.69, 9.17) is 11.0 Å². The number of hydrogen-bond acceptors (Lipinski definition) is 6. The van der Waals surface area contributed by atoms with E-state index in [1.165, 1.54) is 22.2 Å². The summed E-state index contributed by atoms with van der Waals surface area (Å²) in [4.78, 5) is 5.57. The monoisotopic (exact) mass is 353 g/mol. The molecule has 0 unspecified atom stereocenters. The Morgan fingerprint density at radius 3 is 2.84 bits per heavy atom. The summed E-state index contributed by atoms with van der Waals surface area (Å²) in [5.41, 5.74) is 7.09. The molecule has 0 amide bonds. The molecule has 0 spiro atoms. The normalized spacial score (nSPS) is 9.84. The van der Waals surface area contributed by atoms with Crippen molar-refractivity contribution in [2.45, 2.75) is 0 Å². The molecule has 0 saturated heterocycles. The van der Waals surface area contributed by atoms with E-state index < -0.39 is 0 Å². The first-order valence-electron chi connectivity index (χ1n) is 5.03. The Hall–Kier alpha value is -1.69. The van der Waals surface area contributed by atoms with E-state index in [-0.39, 0.29) is 17.0 Å². The first-order chi connectivity index (χ1) is 8.79.